The van der Waals surface area contributed by atoms with Crippen LogP contribution in [0.5, 0.6) is 0 Å². The van der Waals surface area contributed by atoms with Crippen molar-refractivity contribution >= 4 is 12.6 Å². The Labute approximate surface area is 131 Å². The molecule has 0 aromatic heterocycles. The Morgan fingerprint density at radius 2 is 1.68 bits per heavy atom. The number of rotatable bonds is 2. The van der Waals surface area contributed by atoms with Crippen molar-refractivity contribution in [3.8, 4) is 17.2 Å². The first-order valence-corrected chi connectivity index (χ1v) is 7.42. The van der Waals surface area contributed by atoms with Crippen LogP contribution in [0.15, 0.2) is 48.5 Å². The molecule has 1 fully saturated rings. The summed E-state index contributed by atoms with van der Waals surface area (Å²) in [6.45, 7) is 5.46. The summed E-state index contributed by atoms with van der Waals surface area (Å²) in [5, 5.41) is 9.35. The Hall–Kier alpha value is -2.09. The largest absolute Gasteiger partial charge is 0.495 e. The Kier molecular flexibility index (Phi) is 4.02. The molecule has 3 nitrogen and oxygen atoms in total. The summed E-state index contributed by atoms with van der Waals surface area (Å²) < 4.78 is 11.7. The SMILES string of the molecule is CC1(C)COB(c2cc(-c3ccccc3)ccc2C#N)OC1. The molecule has 3 rings (SSSR count). The third kappa shape index (κ3) is 3.06. The second-order valence-corrected chi connectivity index (χ2v) is 6.40. The molecule has 22 heavy (non-hydrogen) atoms. The van der Waals surface area contributed by atoms with Crippen molar-refractivity contribution in [2.24, 2.45) is 5.41 Å². The van der Waals surface area contributed by atoms with Crippen LogP contribution in [0.1, 0.15) is 19.4 Å². The fourth-order valence-corrected chi connectivity index (χ4v) is 2.54. The molecule has 0 unspecified atom stereocenters. The highest BCUT2D eigenvalue weighted by Crippen LogP contribution is 2.23. The highest BCUT2D eigenvalue weighted by atomic mass is 16.6. The predicted octanol–water partition coefficient (Wildman–Crippen LogP) is 2.99. The minimum atomic E-state index is -0.466. The van der Waals surface area contributed by atoms with Crippen molar-refractivity contribution in [2.75, 3.05) is 13.2 Å². The maximum Gasteiger partial charge on any atom is 0.495 e. The molecule has 1 aliphatic heterocycles. The van der Waals surface area contributed by atoms with E-state index in [0.29, 0.717) is 18.8 Å². The second kappa shape index (κ2) is 5.96. The van der Waals surface area contributed by atoms with Crippen molar-refractivity contribution < 1.29 is 9.31 Å². The lowest BCUT2D eigenvalue weighted by Crippen LogP contribution is -2.48. The standard InChI is InChI=1S/C18H18BNO2/c1-18(2)12-21-19(22-13-18)17-10-15(8-9-16(17)11-20)14-6-4-3-5-7-14/h3-10H,12-13H2,1-2H3. The van der Waals surface area contributed by atoms with Crippen molar-refractivity contribution in [1.82, 2.24) is 0 Å². The highest BCUT2D eigenvalue weighted by molar-refractivity contribution is 6.62. The first-order chi connectivity index (χ1) is 10.6. The van der Waals surface area contributed by atoms with Gasteiger partial charge in [0, 0.05) is 24.1 Å². The molecule has 1 heterocycles. The van der Waals surface area contributed by atoms with Gasteiger partial charge >= 0.3 is 7.12 Å². The number of hydrogen-bond acceptors (Lipinski definition) is 3. The molecule has 0 atom stereocenters. The van der Waals surface area contributed by atoms with E-state index in [2.05, 4.69) is 32.0 Å². The molecule has 0 spiro atoms. The summed E-state index contributed by atoms with van der Waals surface area (Å²) in [5.41, 5.74) is 3.60. The van der Waals surface area contributed by atoms with Gasteiger partial charge in [-0.3, -0.25) is 0 Å². The van der Waals surface area contributed by atoms with Crippen molar-refractivity contribution in [1.29, 1.82) is 5.26 Å². The molecule has 1 saturated heterocycles. The van der Waals surface area contributed by atoms with Gasteiger partial charge in [-0.1, -0.05) is 56.3 Å². The lowest BCUT2D eigenvalue weighted by Gasteiger charge is -2.33. The summed E-state index contributed by atoms with van der Waals surface area (Å²) in [5.74, 6) is 0. The van der Waals surface area contributed by atoms with E-state index >= 15 is 0 Å². The van der Waals surface area contributed by atoms with Gasteiger partial charge in [0.15, 0.2) is 0 Å². The van der Waals surface area contributed by atoms with Crippen LogP contribution in [0.25, 0.3) is 11.1 Å². The average Bonchev–Trinajstić information content (AvgIpc) is 2.55. The molecule has 0 amide bonds. The van der Waals surface area contributed by atoms with Crippen molar-refractivity contribution in [3.63, 3.8) is 0 Å². The van der Waals surface area contributed by atoms with Crippen molar-refractivity contribution in [3.05, 3.63) is 54.1 Å². The van der Waals surface area contributed by atoms with Gasteiger partial charge in [0.05, 0.1) is 11.6 Å². The number of nitriles is 1. The van der Waals surface area contributed by atoms with Gasteiger partial charge in [0.2, 0.25) is 0 Å². The molecule has 1 aliphatic rings. The quantitative estimate of drug-likeness (QED) is 0.799. The molecule has 0 aliphatic carbocycles. The molecule has 110 valence electrons. The van der Waals surface area contributed by atoms with E-state index in [1.54, 1.807) is 0 Å². The molecule has 0 saturated carbocycles. The number of nitrogens with zero attached hydrogens (tertiary/aromatic N) is 1. The van der Waals surface area contributed by atoms with E-state index in [9.17, 15) is 5.26 Å². The Morgan fingerprint density at radius 3 is 2.32 bits per heavy atom. The summed E-state index contributed by atoms with van der Waals surface area (Å²) >= 11 is 0. The van der Waals surface area contributed by atoms with Gasteiger partial charge in [-0.25, -0.2) is 0 Å². The van der Waals surface area contributed by atoms with Crippen LogP contribution in [0, 0.1) is 16.7 Å². The molecule has 0 bridgehead atoms. The first-order valence-electron chi connectivity index (χ1n) is 7.42. The molecule has 2 aromatic carbocycles. The average molecular weight is 291 g/mol. The predicted molar refractivity (Wildman–Crippen MR) is 87.7 cm³/mol. The van der Waals surface area contributed by atoms with Crippen molar-refractivity contribution in [2.45, 2.75) is 13.8 Å². The van der Waals surface area contributed by atoms with Crippen LogP contribution in [0.4, 0.5) is 0 Å². The third-order valence-electron chi connectivity index (χ3n) is 3.78. The van der Waals surface area contributed by atoms with Crippen LogP contribution >= 0.6 is 0 Å². The smallest absolute Gasteiger partial charge is 0.407 e. The van der Waals surface area contributed by atoms with Gasteiger partial charge in [-0.2, -0.15) is 5.26 Å². The van der Waals surface area contributed by atoms with E-state index in [1.165, 1.54) is 0 Å². The summed E-state index contributed by atoms with van der Waals surface area (Å²) in [6, 6.07) is 18.1. The second-order valence-electron chi connectivity index (χ2n) is 6.40. The molecule has 4 heteroatoms. The molecular weight excluding hydrogens is 273 g/mol. The molecule has 2 aromatic rings. The van der Waals surface area contributed by atoms with E-state index in [4.69, 9.17) is 9.31 Å². The number of benzene rings is 2. The topological polar surface area (TPSA) is 42.2 Å². The fraction of sp³-hybridized carbons (Fsp3) is 0.278. The third-order valence-corrected chi connectivity index (χ3v) is 3.78. The van der Waals surface area contributed by atoms with E-state index in [0.717, 1.165) is 16.6 Å². The van der Waals surface area contributed by atoms with Gasteiger partial charge in [-0.15, -0.1) is 0 Å². The van der Waals surface area contributed by atoms with Gasteiger partial charge < -0.3 is 9.31 Å². The fourth-order valence-electron chi connectivity index (χ4n) is 2.54. The van der Waals surface area contributed by atoms with Gasteiger partial charge in [0.1, 0.15) is 0 Å². The first kappa shape index (κ1) is 14.8. The lowest BCUT2D eigenvalue weighted by molar-refractivity contribution is 0.0343. The minimum absolute atomic E-state index is 0.0142. The van der Waals surface area contributed by atoms with Gasteiger partial charge in [0.25, 0.3) is 0 Å². The summed E-state index contributed by atoms with van der Waals surface area (Å²) in [6.07, 6.45) is 0. The monoisotopic (exact) mass is 291 g/mol. The van der Waals surface area contributed by atoms with E-state index < -0.39 is 7.12 Å². The van der Waals surface area contributed by atoms with Crippen LogP contribution in [-0.4, -0.2) is 20.3 Å². The normalized spacial score (nSPS) is 17.0. The van der Waals surface area contributed by atoms with E-state index in [1.807, 2.05) is 36.4 Å². The van der Waals surface area contributed by atoms with Crippen LogP contribution in [0.3, 0.4) is 0 Å². The maximum atomic E-state index is 9.35. The van der Waals surface area contributed by atoms with E-state index in [-0.39, 0.29) is 5.41 Å². The maximum absolute atomic E-state index is 9.35. The number of hydrogen-bond donors (Lipinski definition) is 0. The molecule has 0 N–H and O–H groups in total. The zero-order valence-corrected chi connectivity index (χ0v) is 12.9. The Morgan fingerprint density at radius 1 is 1.00 bits per heavy atom. The molecular formula is C18H18BNO2. The lowest BCUT2D eigenvalue weighted by atomic mass is 9.72. The Bertz CT molecular complexity index is 697. The summed E-state index contributed by atoms with van der Waals surface area (Å²) in [7, 11) is -0.466. The van der Waals surface area contributed by atoms with Crippen LogP contribution in [-0.2, 0) is 9.31 Å². The zero-order valence-electron chi connectivity index (χ0n) is 12.9. The zero-order chi connectivity index (χ0) is 15.6. The summed E-state index contributed by atoms with van der Waals surface area (Å²) in [4.78, 5) is 0. The van der Waals surface area contributed by atoms with Crippen LogP contribution in [0.2, 0.25) is 0 Å². The Balaban J connectivity index is 1.95. The van der Waals surface area contributed by atoms with Gasteiger partial charge in [-0.05, 0) is 17.2 Å². The minimum Gasteiger partial charge on any atom is -0.407 e. The highest BCUT2D eigenvalue weighted by Gasteiger charge is 2.35. The van der Waals surface area contributed by atoms with Crippen LogP contribution < -0.4 is 5.46 Å². The molecule has 0 radical (unpaired) electrons.